The number of ether oxygens (including phenoxy) is 1. The van der Waals surface area contributed by atoms with Crippen molar-refractivity contribution in [1.29, 1.82) is 0 Å². The van der Waals surface area contributed by atoms with Gasteiger partial charge in [-0.2, -0.15) is 4.39 Å². The monoisotopic (exact) mass is 349 g/mol. The zero-order chi connectivity index (χ0) is 16.8. The van der Waals surface area contributed by atoms with Crippen molar-refractivity contribution in [3.8, 4) is 0 Å². The third-order valence-electron chi connectivity index (χ3n) is 3.36. The molecule has 1 saturated heterocycles. The van der Waals surface area contributed by atoms with Crippen LogP contribution in [0.4, 0.5) is 10.2 Å². The fraction of sp³-hybridized carbons (Fsp3) is 0.500. The highest BCUT2D eigenvalue weighted by Gasteiger charge is 2.55. The van der Waals surface area contributed by atoms with Crippen molar-refractivity contribution in [2.45, 2.75) is 24.6 Å². The second kappa shape index (κ2) is 5.44. The minimum atomic E-state index is -5.00. The van der Waals surface area contributed by atoms with Crippen LogP contribution in [0.5, 0.6) is 0 Å². The Morgan fingerprint density at radius 3 is 2.91 bits per heavy atom. The first-order valence-corrected chi connectivity index (χ1v) is 7.93. The lowest BCUT2D eigenvalue weighted by atomic mass is 10.2. The van der Waals surface area contributed by atoms with Crippen molar-refractivity contribution < 1.29 is 33.1 Å². The molecule has 23 heavy (non-hydrogen) atoms. The Morgan fingerprint density at radius 2 is 2.26 bits per heavy atom. The third kappa shape index (κ3) is 2.80. The zero-order valence-corrected chi connectivity index (χ0v) is 12.4. The maximum atomic E-state index is 15.4. The van der Waals surface area contributed by atoms with Gasteiger partial charge in [-0.1, -0.05) is 0 Å². The van der Waals surface area contributed by atoms with Gasteiger partial charge >= 0.3 is 13.8 Å². The second-order valence-corrected chi connectivity index (χ2v) is 6.09. The summed E-state index contributed by atoms with van der Waals surface area (Å²) in [6.45, 7) is -0.559. The van der Waals surface area contributed by atoms with Crippen LogP contribution in [0, 0.1) is 0 Å². The molecule has 0 amide bonds. The highest BCUT2D eigenvalue weighted by molar-refractivity contribution is 7.46. The van der Waals surface area contributed by atoms with Gasteiger partial charge in [-0.25, -0.2) is 19.5 Å². The second-order valence-electron chi connectivity index (χ2n) is 4.90. The van der Waals surface area contributed by atoms with Gasteiger partial charge in [0.2, 0.25) is 0 Å². The van der Waals surface area contributed by atoms with Crippen molar-refractivity contribution >= 4 is 24.8 Å². The van der Waals surface area contributed by atoms with E-state index in [1.807, 2.05) is 0 Å². The Hall–Kier alpha value is -1.69. The number of alkyl halides is 1. The number of phosphoric ester groups is 1. The molecule has 0 aromatic carbocycles. The van der Waals surface area contributed by atoms with Gasteiger partial charge in [0.05, 0.1) is 12.7 Å². The molecule has 13 heteroatoms. The SMILES string of the molecule is Nc1ncnc2c1ncn2[C@]1(F)O[C@H](CO)C[C@H]1OP(=O)(O)O. The molecule has 126 valence electrons. The molecule has 1 aliphatic heterocycles. The fourth-order valence-electron chi connectivity index (χ4n) is 2.42. The van der Waals surface area contributed by atoms with Gasteiger partial charge in [0.15, 0.2) is 17.6 Å². The van der Waals surface area contributed by atoms with E-state index < -0.39 is 32.6 Å². The third-order valence-corrected chi connectivity index (χ3v) is 3.89. The Bertz CT molecular complexity index is 782. The highest BCUT2D eigenvalue weighted by Crippen LogP contribution is 2.48. The Balaban J connectivity index is 2.09. The first kappa shape index (κ1) is 16.2. The van der Waals surface area contributed by atoms with Gasteiger partial charge in [-0.05, 0) is 0 Å². The molecule has 0 saturated carbocycles. The fourth-order valence-corrected chi connectivity index (χ4v) is 2.96. The maximum Gasteiger partial charge on any atom is 0.470 e. The smallest absolute Gasteiger partial charge is 0.394 e. The Labute approximate surface area is 128 Å². The summed E-state index contributed by atoms with van der Waals surface area (Å²) in [5.41, 5.74) is 5.66. The minimum Gasteiger partial charge on any atom is -0.394 e. The van der Waals surface area contributed by atoms with Gasteiger partial charge in [0.1, 0.15) is 18.2 Å². The molecule has 3 atom stereocenters. The first-order valence-electron chi connectivity index (χ1n) is 6.40. The first-order chi connectivity index (χ1) is 10.7. The number of nitrogens with two attached hydrogens (primary N) is 1. The molecule has 0 spiro atoms. The van der Waals surface area contributed by atoms with Crippen molar-refractivity contribution in [3.05, 3.63) is 12.7 Å². The summed E-state index contributed by atoms with van der Waals surface area (Å²) in [5, 5.41) is 9.16. The molecule has 0 aliphatic carbocycles. The number of phosphoric acid groups is 1. The van der Waals surface area contributed by atoms with E-state index in [1.165, 1.54) is 0 Å². The van der Waals surface area contributed by atoms with Gasteiger partial charge in [0.25, 0.3) is 0 Å². The maximum absolute atomic E-state index is 15.4. The van der Waals surface area contributed by atoms with Crippen LogP contribution in [0.2, 0.25) is 0 Å². The largest absolute Gasteiger partial charge is 0.470 e. The van der Waals surface area contributed by atoms with E-state index in [4.69, 9.17) is 25.4 Å². The number of anilines is 1. The van der Waals surface area contributed by atoms with Crippen LogP contribution in [0.1, 0.15) is 6.42 Å². The number of halogens is 1. The number of aromatic nitrogens is 4. The van der Waals surface area contributed by atoms with E-state index in [9.17, 15) is 4.57 Å². The number of imidazole rings is 1. The van der Waals surface area contributed by atoms with E-state index in [0.29, 0.717) is 0 Å². The average molecular weight is 349 g/mol. The molecule has 5 N–H and O–H groups in total. The molecule has 2 aromatic rings. The highest BCUT2D eigenvalue weighted by atomic mass is 31.2. The number of fused-ring (bicyclic) bond motifs is 1. The average Bonchev–Trinajstić information content (AvgIpc) is 3.01. The number of rotatable bonds is 4. The van der Waals surface area contributed by atoms with Crippen LogP contribution in [-0.2, 0) is 19.8 Å². The molecular weight excluding hydrogens is 336 g/mol. The van der Waals surface area contributed by atoms with E-state index in [-0.39, 0.29) is 23.4 Å². The molecule has 1 aliphatic rings. The molecule has 3 heterocycles. The van der Waals surface area contributed by atoms with Crippen molar-refractivity contribution in [1.82, 2.24) is 19.5 Å². The van der Waals surface area contributed by atoms with E-state index in [2.05, 4.69) is 19.5 Å². The molecule has 11 nitrogen and oxygen atoms in total. The van der Waals surface area contributed by atoms with E-state index in [0.717, 1.165) is 17.2 Å². The molecule has 1 fully saturated rings. The van der Waals surface area contributed by atoms with Crippen LogP contribution in [0.15, 0.2) is 12.7 Å². The van der Waals surface area contributed by atoms with Crippen LogP contribution in [0.3, 0.4) is 0 Å². The molecule has 2 aromatic heterocycles. The van der Waals surface area contributed by atoms with Crippen LogP contribution >= 0.6 is 7.82 Å². The standard InChI is InChI=1S/C10H13FN5O6P/c11-10(6(22-23(18,19)20)1-5(2-17)21-10)16-4-15-7-8(12)13-3-14-9(7)16/h3-6,17H,1-2H2,(H2,12,13,14)(H2,18,19,20)/t5-,6+,10-/m0/s1. The summed E-state index contributed by atoms with van der Waals surface area (Å²) in [6.07, 6.45) is -0.900. The van der Waals surface area contributed by atoms with E-state index >= 15 is 4.39 Å². The van der Waals surface area contributed by atoms with Crippen molar-refractivity contribution in [2.24, 2.45) is 0 Å². The lowest BCUT2D eigenvalue weighted by Gasteiger charge is -2.27. The summed E-state index contributed by atoms with van der Waals surface area (Å²) in [7, 11) is -5.00. The number of nitrogens with zero attached hydrogens (tertiary/aromatic N) is 4. The summed E-state index contributed by atoms with van der Waals surface area (Å²) in [5.74, 6) is -2.83. The molecular formula is C10H13FN5O6P. The van der Waals surface area contributed by atoms with Crippen LogP contribution in [-0.4, -0.2) is 53.2 Å². The predicted molar refractivity (Wildman–Crippen MR) is 72.3 cm³/mol. The number of aliphatic hydroxyl groups excluding tert-OH is 1. The predicted octanol–water partition coefficient (Wildman–Crippen LogP) is -0.753. The normalized spacial score (nSPS) is 28.5. The van der Waals surface area contributed by atoms with Gasteiger partial charge in [-0.15, -0.1) is 0 Å². The molecule has 0 unspecified atom stereocenters. The van der Waals surface area contributed by atoms with E-state index in [1.54, 1.807) is 0 Å². The number of hydrogen-bond acceptors (Lipinski definition) is 8. The van der Waals surface area contributed by atoms with Crippen LogP contribution in [0.25, 0.3) is 11.2 Å². The van der Waals surface area contributed by atoms with Crippen molar-refractivity contribution in [3.63, 3.8) is 0 Å². The Kier molecular flexibility index (Phi) is 3.83. The number of aliphatic hydroxyl groups is 1. The topological polar surface area (TPSA) is 166 Å². The number of hydrogen-bond donors (Lipinski definition) is 4. The van der Waals surface area contributed by atoms with Crippen LogP contribution < -0.4 is 5.73 Å². The summed E-state index contributed by atoms with van der Waals surface area (Å²) >= 11 is 0. The van der Waals surface area contributed by atoms with Gasteiger partial charge < -0.3 is 25.4 Å². The summed E-state index contributed by atoms with van der Waals surface area (Å²) in [4.78, 5) is 29.3. The zero-order valence-electron chi connectivity index (χ0n) is 11.5. The lowest BCUT2D eigenvalue weighted by molar-refractivity contribution is -0.232. The van der Waals surface area contributed by atoms with Crippen molar-refractivity contribution in [2.75, 3.05) is 12.3 Å². The minimum absolute atomic E-state index is 0.00140. The Morgan fingerprint density at radius 1 is 1.52 bits per heavy atom. The summed E-state index contributed by atoms with van der Waals surface area (Å²) < 4.78 is 36.8. The molecule has 0 radical (unpaired) electrons. The molecule has 3 rings (SSSR count). The lowest BCUT2D eigenvalue weighted by Crippen LogP contribution is -2.39. The number of nitrogen functional groups attached to an aromatic ring is 1. The van der Waals surface area contributed by atoms with Gasteiger partial charge in [0, 0.05) is 6.42 Å². The quantitative estimate of drug-likeness (QED) is 0.516. The molecule has 0 bridgehead atoms. The summed E-state index contributed by atoms with van der Waals surface area (Å²) in [6, 6.07) is 0. The van der Waals surface area contributed by atoms with Gasteiger partial charge in [-0.3, -0.25) is 9.09 Å².